The van der Waals surface area contributed by atoms with Crippen molar-refractivity contribution in [3.63, 3.8) is 0 Å². The summed E-state index contributed by atoms with van der Waals surface area (Å²) in [5, 5.41) is 13.4. The van der Waals surface area contributed by atoms with Gasteiger partial charge in [-0.3, -0.25) is 28.6 Å². The van der Waals surface area contributed by atoms with Crippen LogP contribution in [0.1, 0.15) is 6.92 Å². The van der Waals surface area contributed by atoms with Gasteiger partial charge in [0.1, 0.15) is 11.4 Å². The number of rotatable bonds is 8. The summed E-state index contributed by atoms with van der Waals surface area (Å²) >= 11 is 6.18. The van der Waals surface area contributed by atoms with E-state index in [0.29, 0.717) is 5.69 Å². The number of hydrogen-bond acceptors (Lipinski definition) is 6. The minimum atomic E-state index is -4.05. The lowest BCUT2D eigenvalue weighted by Crippen LogP contribution is -2.31. The van der Waals surface area contributed by atoms with Gasteiger partial charge in [-0.1, -0.05) is 29.8 Å². The quantitative estimate of drug-likeness (QED) is 0.380. The molecule has 2 aromatic carbocycles. The number of nitrogens with zero attached hydrogens (tertiary/aromatic N) is 3. The highest BCUT2D eigenvalue weighted by Gasteiger charge is 2.26. The molecule has 1 amide bonds. The Morgan fingerprint density at radius 1 is 1.15 bits per heavy atom. The van der Waals surface area contributed by atoms with Crippen LogP contribution in [0.5, 0.6) is 0 Å². The zero-order valence-corrected chi connectivity index (χ0v) is 18.9. The lowest BCUT2D eigenvalue weighted by Gasteiger charge is -2.23. The fourth-order valence-corrected chi connectivity index (χ4v) is 5.07. The van der Waals surface area contributed by atoms with Crippen molar-refractivity contribution < 1.29 is 18.1 Å². The Kier molecular flexibility index (Phi) is 7.14. The molecule has 172 valence electrons. The zero-order valence-electron chi connectivity index (χ0n) is 17.3. The van der Waals surface area contributed by atoms with Crippen molar-refractivity contribution >= 4 is 44.6 Å². The summed E-state index contributed by atoms with van der Waals surface area (Å²) in [7, 11) is -4.05. The first-order valence-corrected chi connectivity index (χ1v) is 11.5. The normalized spacial score (nSPS) is 11.1. The summed E-state index contributed by atoms with van der Waals surface area (Å²) in [6, 6.07) is 14.5. The molecule has 3 rings (SSSR count). The largest absolute Gasteiger partial charge is 0.324 e. The number of sulfonamides is 1. The Morgan fingerprint density at radius 3 is 2.48 bits per heavy atom. The molecule has 3 aromatic rings. The van der Waals surface area contributed by atoms with Crippen molar-refractivity contribution in [1.82, 2.24) is 4.57 Å². The first-order valence-electron chi connectivity index (χ1n) is 9.65. The fourth-order valence-electron chi connectivity index (χ4n) is 3.09. The number of nitrogens with one attached hydrogen (secondary N) is 1. The van der Waals surface area contributed by atoms with Gasteiger partial charge < -0.3 is 5.32 Å². The van der Waals surface area contributed by atoms with Crippen LogP contribution in [-0.2, 0) is 21.4 Å². The van der Waals surface area contributed by atoms with Crippen molar-refractivity contribution in [1.29, 1.82) is 0 Å². The molecular formula is C21H19ClN4O6S. The number of pyridine rings is 1. The summed E-state index contributed by atoms with van der Waals surface area (Å²) < 4.78 is 28.6. The smallest absolute Gasteiger partial charge is 0.285 e. The fraction of sp³-hybridized carbons (Fsp3) is 0.143. The number of para-hydroxylation sites is 1. The maximum atomic E-state index is 13.3. The molecule has 1 aromatic heterocycles. The van der Waals surface area contributed by atoms with Crippen LogP contribution in [0.4, 0.5) is 17.1 Å². The minimum absolute atomic E-state index is 0.0303. The molecule has 1 N–H and O–H groups in total. The second kappa shape index (κ2) is 9.84. The SMILES string of the molecule is CCN(c1ccccc1)S(=O)(=O)c1cc(NC(=O)Cn2cc([N+](=O)[O-])ccc2=O)ccc1Cl. The van der Waals surface area contributed by atoms with Crippen LogP contribution in [0.25, 0.3) is 0 Å². The molecule has 10 nitrogen and oxygen atoms in total. The molecule has 0 unspecified atom stereocenters. The van der Waals surface area contributed by atoms with E-state index in [-0.39, 0.29) is 27.8 Å². The Hall–Kier alpha value is -3.70. The number of nitro groups is 1. The summed E-state index contributed by atoms with van der Waals surface area (Å²) in [6.07, 6.45) is 0.957. The van der Waals surface area contributed by atoms with E-state index in [2.05, 4.69) is 5.32 Å². The molecule has 0 spiro atoms. The molecule has 0 saturated heterocycles. The third kappa shape index (κ3) is 5.38. The van der Waals surface area contributed by atoms with Crippen LogP contribution in [0.3, 0.4) is 0 Å². The number of halogens is 1. The van der Waals surface area contributed by atoms with E-state index in [1.165, 1.54) is 22.5 Å². The number of aromatic nitrogens is 1. The predicted molar refractivity (Wildman–Crippen MR) is 124 cm³/mol. The van der Waals surface area contributed by atoms with Crippen molar-refractivity contribution in [2.45, 2.75) is 18.4 Å². The molecule has 12 heteroatoms. The monoisotopic (exact) mass is 490 g/mol. The Bertz CT molecular complexity index is 1360. The van der Waals surface area contributed by atoms with Gasteiger partial charge in [0.05, 0.1) is 21.8 Å². The van der Waals surface area contributed by atoms with E-state index in [0.717, 1.165) is 22.9 Å². The summed E-state index contributed by atoms with van der Waals surface area (Å²) in [6.45, 7) is 1.33. The van der Waals surface area contributed by atoms with Gasteiger partial charge in [0.25, 0.3) is 21.3 Å². The van der Waals surface area contributed by atoms with Crippen LogP contribution in [0.15, 0.2) is 76.6 Å². The van der Waals surface area contributed by atoms with Gasteiger partial charge in [-0.15, -0.1) is 0 Å². The Labute approximate surface area is 194 Å². The summed E-state index contributed by atoms with van der Waals surface area (Å²) in [5.74, 6) is -0.682. The molecule has 0 aliphatic carbocycles. The minimum Gasteiger partial charge on any atom is -0.324 e. The lowest BCUT2D eigenvalue weighted by atomic mass is 10.3. The van der Waals surface area contributed by atoms with E-state index in [1.54, 1.807) is 37.3 Å². The van der Waals surface area contributed by atoms with Crippen LogP contribution >= 0.6 is 11.6 Å². The number of benzene rings is 2. The highest BCUT2D eigenvalue weighted by Crippen LogP contribution is 2.30. The van der Waals surface area contributed by atoms with E-state index in [9.17, 15) is 28.1 Å². The van der Waals surface area contributed by atoms with Crippen LogP contribution in [0, 0.1) is 10.1 Å². The van der Waals surface area contributed by atoms with Crippen molar-refractivity contribution in [2.24, 2.45) is 0 Å². The summed E-state index contributed by atoms with van der Waals surface area (Å²) in [4.78, 5) is 34.4. The van der Waals surface area contributed by atoms with Gasteiger partial charge in [-0.25, -0.2) is 8.42 Å². The van der Waals surface area contributed by atoms with Gasteiger partial charge in [-0.2, -0.15) is 0 Å². The number of anilines is 2. The molecule has 0 radical (unpaired) electrons. The third-order valence-corrected chi connectivity index (χ3v) is 6.99. The van der Waals surface area contributed by atoms with Gasteiger partial charge >= 0.3 is 0 Å². The molecule has 33 heavy (non-hydrogen) atoms. The average molecular weight is 491 g/mol. The van der Waals surface area contributed by atoms with Crippen molar-refractivity contribution in [2.75, 3.05) is 16.2 Å². The molecule has 1 heterocycles. The number of carbonyl (C=O) groups is 1. The zero-order chi connectivity index (χ0) is 24.2. The Balaban J connectivity index is 1.87. The summed E-state index contributed by atoms with van der Waals surface area (Å²) in [5.41, 5.74) is -0.361. The van der Waals surface area contributed by atoms with Crippen LogP contribution < -0.4 is 15.2 Å². The maximum absolute atomic E-state index is 13.3. The average Bonchev–Trinajstić information content (AvgIpc) is 2.77. The molecular weight excluding hydrogens is 472 g/mol. The van der Waals surface area contributed by atoms with E-state index < -0.39 is 33.0 Å². The lowest BCUT2D eigenvalue weighted by molar-refractivity contribution is -0.385. The van der Waals surface area contributed by atoms with Gasteiger partial charge in [-0.05, 0) is 37.3 Å². The first kappa shape index (κ1) is 24.0. The standard InChI is InChI=1S/C21H19ClN4O6S/c1-2-25(16-6-4-3-5-7-16)33(31,32)19-12-15(8-10-18(19)22)23-20(27)14-24-13-17(26(29)30)9-11-21(24)28/h3-13H,2,14H2,1H3,(H,23,27). The van der Waals surface area contributed by atoms with Crippen LogP contribution in [-0.4, -0.2) is 30.4 Å². The van der Waals surface area contributed by atoms with E-state index in [1.807, 2.05) is 0 Å². The molecule has 0 atom stereocenters. The van der Waals surface area contributed by atoms with Gasteiger partial charge in [0, 0.05) is 24.4 Å². The van der Waals surface area contributed by atoms with Gasteiger partial charge in [0.15, 0.2) is 0 Å². The highest BCUT2D eigenvalue weighted by molar-refractivity contribution is 7.93. The van der Waals surface area contributed by atoms with E-state index >= 15 is 0 Å². The first-order chi connectivity index (χ1) is 15.6. The maximum Gasteiger partial charge on any atom is 0.285 e. The molecule has 0 bridgehead atoms. The molecule has 0 saturated carbocycles. The van der Waals surface area contributed by atoms with Crippen molar-refractivity contribution in [3.8, 4) is 0 Å². The molecule has 0 aliphatic heterocycles. The topological polar surface area (TPSA) is 132 Å². The number of hydrogen-bond donors (Lipinski definition) is 1. The second-order valence-electron chi connectivity index (χ2n) is 6.81. The predicted octanol–water partition coefficient (Wildman–Crippen LogP) is 3.26. The Morgan fingerprint density at radius 2 is 1.85 bits per heavy atom. The third-order valence-electron chi connectivity index (χ3n) is 4.61. The van der Waals surface area contributed by atoms with Gasteiger partial charge in [0.2, 0.25) is 5.91 Å². The van der Waals surface area contributed by atoms with Crippen molar-refractivity contribution in [3.05, 3.63) is 92.4 Å². The van der Waals surface area contributed by atoms with Crippen LogP contribution in [0.2, 0.25) is 5.02 Å². The van der Waals surface area contributed by atoms with E-state index in [4.69, 9.17) is 11.6 Å². The number of carbonyl (C=O) groups excluding carboxylic acids is 1. The molecule has 0 fully saturated rings. The highest BCUT2D eigenvalue weighted by atomic mass is 35.5. The second-order valence-corrected chi connectivity index (χ2v) is 9.05. The molecule has 0 aliphatic rings. The number of amides is 1.